The highest BCUT2D eigenvalue weighted by Gasteiger charge is 2.06. The summed E-state index contributed by atoms with van der Waals surface area (Å²) >= 11 is 12.1. The number of ether oxygens (including phenoxy) is 1. The first-order valence-corrected chi connectivity index (χ1v) is 10.2. The van der Waals surface area contributed by atoms with Crippen molar-refractivity contribution < 1.29 is 9.53 Å². The van der Waals surface area contributed by atoms with Crippen LogP contribution in [-0.2, 0) is 6.61 Å². The largest absolute Gasteiger partial charge is 0.489 e. The van der Waals surface area contributed by atoms with Gasteiger partial charge in [-0.3, -0.25) is 9.78 Å². The number of carbonyl (C=O) groups is 1. The Morgan fingerprint density at radius 3 is 2.65 bits per heavy atom. The maximum atomic E-state index is 12.4. The first-order valence-electron chi connectivity index (χ1n) is 9.44. The molecule has 0 unspecified atom stereocenters. The van der Waals surface area contributed by atoms with E-state index < -0.39 is 0 Å². The topological polar surface area (TPSA) is 63.6 Å². The van der Waals surface area contributed by atoms with Crippen LogP contribution < -0.4 is 10.2 Å². The van der Waals surface area contributed by atoms with Gasteiger partial charge < -0.3 is 4.74 Å². The lowest BCUT2D eigenvalue weighted by Gasteiger charge is -2.08. The van der Waals surface area contributed by atoms with E-state index in [9.17, 15) is 4.79 Å². The molecule has 1 aromatic heterocycles. The van der Waals surface area contributed by atoms with Gasteiger partial charge >= 0.3 is 0 Å². The molecule has 1 N–H and O–H groups in total. The van der Waals surface area contributed by atoms with Crippen molar-refractivity contribution in [2.45, 2.75) is 6.61 Å². The Bertz CT molecular complexity index is 1250. The summed E-state index contributed by atoms with van der Waals surface area (Å²) < 4.78 is 5.73. The molecule has 0 aliphatic heterocycles. The van der Waals surface area contributed by atoms with E-state index in [0.29, 0.717) is 28.0 Å². The Morgan fingerprint density at radius 2 is 1.84 bits per heavy atom. The van der Waals surface area contributed by atoms with E-state index >= 15 is 0 Å². The molecule has 154 valence electrons. The van der Waals surface area contributed by atoms with Crippen molar-refractivity contribution in [3.8, 4) is 5.75 Å². The van der Waals surface area contributed by atoms with Crippen LogP contribution in [0.25, 0.3) is 10.9 Å². The van der Waals surface area contributed by atoms with Crippen molar-refractivity contribution in [3.63, 3.8) is 0 Å². The molecule has 1 heterocycles. The number of fused-ring (bicyclic) bond motifs is 1. The van der Waals surface area contributed by atoms with Gasteiger partial charge in [0.15, 0.2) is 0 Å². The highest BCUT2D eigenvalue weighted by Crippen LogP contribution is 2.23. The summed E-state index contributed by atoms with van der Waals surface area (Å²) in [6, 6.07) is 21.7. The highest BCUT2D eigenvalue weighted by molar-refractivity contribution is 6.35. The summed E-state index contributed by atoms with van der Waals surface area (Å²) in [5.41, 5.74) is 5.47. The molecule has 1 amide bonds. The summed E-state index contributed by atoms with van der Waals surface area (Å²) in [6.07, 6.45) is 3.31. The number of nitrogens with zero attached hydrogens (tertiary/aromatic N) is 2. The van der Waals surface area contributed by atoms with Gasteiger partial charge in [0.1, 0.15) is 12.4 Å². The molecule has 0 bridgehead atoms. The number of rotatable bonds is 6. The quantitative estimate of drug-likeness (QED) is 0.295. The fourth-order valence-electron chi connectivity index (χ4n) is 2.96. The fraction of sp³-hybridized carbons (Fsp3) is 0.0417. The van der Waals surface area contributed by atoms with Crippen LogP contribution in [0.15, 0.2) is 84.1 Å². The second-order valence-corrected chi connectivity index (χ2v) is 7.51. The van der Waals surface area contributed by atoms with Gasteiger partial charge in [0, 0.05) is 38.3 Å². The Kier molecular flexibility index (Phi) is 6.46. The summed E-state index contributed by atoms with van der Waals surface area (Å²) in [6.45, 7) is 0.297. The smallest absolute Gasteiger partial charge is 0.271 e. The second-order valence-electron chi connectivity index (χ2n) is 6.67. The zero-order valence-electron chi connectivity index (χ0n) is 16.3. The highest BCUT2D eigenvalue weighted by atomic mass is 35.5. The normalized spacial score (nSPS) is 11.0. The molecule has 0 aliphatic carbocycles. The Labute approximate surface area is 189 Å². The lowest BCUT2D eigenvalue weighted by molar-refractivity contribution is 0.0955. The molecule has 0 fully saturated rings. The molecule has 3 aromatic carbocycles. The molecule has 0 atom stereocenters. The van der Waals surface area contributed by atoms with Gasteiger partial charge in [0.2, 0.25) is 0 Å². The van der Waals surface area contributed by atoms with Crippen LogP contribution >= 0.6 is 23.2 Å². The van der Waals surface area contributed by atoms with E-state index in [1.807, 2.05) is 36.4 Å². The van der Waals surface area contributed by atoms with Crippen molar-refractivity contribution in [2.24, 2.45) is 5.10 Å². The Balaban J connectivity index is 1.36. The van der Waals surface area contributed by atoms with Crippen molar-refractivity contribution in [1.29, 1.82) is 0 Å². The zero-order chi connectivity index (χ0) is 21.6. The predicted molar refractivity (Wildman–Crippen MR) is 124 cm³/mol. The number of hydrogen-bond donors (Lipinski definition) is 1. The Morgan fingerprint density at radius 1 is 1.03 bits per heavy atom. The first kappa shape index (κ1) is 20.8. The van der Waals surface area contributed by atoms with Crippen LogP contribution in [0.2, 0.25) is 10.0 Å². The molecule has 0 saturated heterocycles. The minimum Gasteiger partial charge on any atom is -0.489 e. The average molecular weight is 450 g/mol. The number of pyridine rings is 1. The van der Waals surface area contributed by atoms with Crippen LogP contribution in [-0.4, -0.2) is 17.1 Å². The van der Waals surface area contributed by atoms with Crippen LogP contribution in [0.3, 0.4) is 0 Å². The number of hydrogen-bond acceptors (Lipinski definition) is 4. The van der Waals surface area contributed by atoms with Crippen LogP contribution in [0.4, 0.5) is 0 Å². The molecule has 7 heteroatoms. The lowest BCUT2D eigenvalue weighted by Crippen LogP contribution is -2.17. The number of nitrogens with one attached hydrogen (secondary N) is 1. The van der Waals surface area contributed by atoms with E-state index in [4.69, 9.17) is 27.9 Å². The van der Waals surface area contributed by atoms with Gasteiger partial charge in [-0.2, -0.15) is 5.10 Å². The Hall–Kier alpha value is -3.41. The molecule has 5 nitrogen and oxygen atoms in total. The molecule has 0 spiro atoms. The third kappa shape index (κ3) is 5.20. The number of hydrazone groups is 1. The predicted octanol–water partition coefficient (Wildman–Crippen LogP) is 5.88. The molecular weight excluding hydrogens is 433 g/mol. The van der Waals surface area contributed by atoms with Crippen molar-refractivity contribution in [2.75, 3.05) is 0 Å². The summed E-state index contributed by atoms with van der Waals surface area (Å²) in [4.78, 5) is 16.7. The third-order valence-electron chi connectivity index (χ3n) is 4.56. The molecule has 4 aromatic rings. The van der Waals surface area contributed by atoms with Gasteiger partial charge in [-0.1, -0.05) is 53.5 Å². The SMILES string of the molecule is O=C(N/N=C/c1cccc2cccnc12)c1ccc(OCc2ccc(Cl)cc2Cl)cc1. The monoisotopic (exact) mass is 449 g/mol. The minimum atomic E-state index is -0.322. The lowest BCUT2D eigenvalue weighted by atomic mass is 10.1. The zero-order valence-corrected chi connectivity index (χ0v) is 17.8. The summed E-state index contributed by atoms with van der Waals surface area (Å²) in [5, 5.41) is 6.19. The summed E-state index contributed by atoms with van der Waals surface area (Å²) in [5.74, 6) is 0.296. The minimum absolute atomic E-state index is 0.297. The maximum absolute atomic E-state index is 12.4. The van der Waals surface area contributed by atoms with Gasteiger partial charge in [-0.15, -0.1) is 0 Å². The maximum Gasteiger partial charge on any atom is 0.271 e. The van der Waals surface area contributed by atoms with E-state index in [-0.39, 0.29) is 5.91 Å². The van der Waals surface area contributed by atoms with Crippen LogP contribution in [0.5, 0.6) is 5.75 Å². The van der Waals surface area contributed by atoms with Crippen molar-refractivity contribution in [1.82, 2.24) is 10.4 Å². The van der Waals surface area contributed by atoms with E-state index in [1.165, 1.54) is 0 Å². The van der Waals surface area contributed by atoms with E-state index in [0.717, 1.165) is 22.0 Å². The van der Waals surface area contributed by atoms with Crippen molar-refractivity contribution in [3.05, 3.63) is 106 Å². The second kappa shape index (κ2) is 9.60. The van der Waals surface area contributed by atoms with Crippen molar-refractivity contribution >= 4 is 46.2 Å². The number of benzene rings is 3. The molecular formula is C24H17Cl2N3O2. The third-order valence-corrected chi connectivity index (χ3v) is 5.15. The number of amides is 1. The van der Waals surface area contributed by atoms with Gasteiger partial charge in [0.05, 0.1) is 11.7 Å². The number of para-hydroxylation sites is 1. The van der Waals surface area contributed by atoms with E-state index in [2.05, 4.69) is 15.5 Å². The number of halogens is 2. The van der Waals surface area contributed by atoms with Crippen LogP contribution in [0, 0.1) is 0 Å². The average Bonchev–Trinajstić information content (AvgIpc) is 2.79. The van der Waals surface area contributed by atoms with Crippen LogP contribution in [0.1, 0.15) is 21.5 Å². The van der Waals surface area contributed by atoms with Gasteiger partial charge in [0.25, 0.3) is 5.91 Å². The molecule has 0 saturated carbocycles. The standard InChI is InChI=1S/C24H17Cl2N3O2/c25-20-9-6-19(22(26)13-20)15-31-21-10-7-17(8-11-21)24(30)29-28-14-18-4-1-3-16-5-2-12-27-23(16)18/h1-14H,15H2,(H,29,30)/b28-14+. The molecule has 0 aliphatic rings. The fourth-order valence-corrected chi connectivity index (χ4v) is 3.42. The molecule has 4 rings (SSSR count). The first-order chi connectivity index (χ1) is 15.1. The summed E-state index contributed by atoms with van der Waals surface area (Å²) in [7, 11) is 0. The molecule has 31 heavy (non-hydrogen) atoms. The van der Waals surface area contributed by atoms with E-state index in [1.54, 1.807) is 48.8 Å². The number of aromatic nitrogens is 1. The molecule has 0 radical (unpaired) electrons. The number of carbonyl (C=O) groups excluding carboxylic acids is 1. The van der Waals surface area contributed by atoms with Gasteiger partial charge in [-0.25, -0.2) is 5.43 Å². The van der Waals surface area contributed by atoms with Gasteiger partial charge in [-0.05, 0) is 42.5 Å².